The number of halogens is 2. The van der Waals surface area contributed by atoms with Gasteiger partial charge in [-0.3, -0.25) is 10.1 Å². The summed E-state index contributed by atoms with van der Waals surface area (Å²) in [4.78, 5) is 10.3. The average molecular weight is 343 g/mol. The van der Waals surface area contributed by atoms with Gasteiger partial charge < -0.3 is 4.74 Å². The molecule has 2 rings (SSSR count). The van der Waals surface area contributed by atoms with Crippen molar-refractivity contribution >= 4 is 33.2 Å². The van der Waals surface area contributed by atoms with Crippen LogP contribution in [0.5, 0.6) is 5.75 Å². The number of nitro groups is 1. The van der Waals surface area contributed by atoms with E-state index < -0.39 is 4.92 Å². The highest BCUT2D eigenvalue weighted by atomic mass is 79.9. The summed E-state index contributed by atoms with van der Waals surface area (Å²) in [5.41, 5.74) is 0.577. The predicted molar refractivity (Wildman–Crippen MR) is 76.6 cm³/mol. The number of hydrogen-bond donors (Lipinski definition) is 0. The van der Waals surface area contributed by atoms with Crippen LogP contribution in [-0.2, 0) is 6.61 Å². The molecule has 2 aromatic rings. The molecule has 0 aromatic heterocycles. The van der Waals surface area contributed by atoms with Crippen LogP contribution in [-0.4, -0.2) is 4.92 Å². The van der Waals surface area contributed by atoms with Crippen LogP contribution in [0.2, 0.25) is 5.02 Å². The molecule has 0 saturated carbocycles. The highest BCUT2D eigenvalue weighted by Gasteiger charge is 2.12. The fraction of sp³-hybridized carbons (Fsp3) is 0.0769. The Kier molecular flexibility index (Phi) is 4.39. The van der Waals surface area contributed by atoms with Gasteiger partial charge in [-0.05, 0) is 29.8 Å². The maximum Gasteiger partial charge on any atom is 0.288 e. The van der Waals surface area contributed by atoms with Gasteiger partial charge >= 0.3 is 0 Å². The molecule has 0 radical (unpaired) electrons. The van der Waals surface area contributed by atoms with Crippen LogP contribution in [0.3, 0.4) is 0 Å². The van der Waals surface area contributed by atoms with Crippen molar-refractivity contribution in [1.82, 2.24) is 0 Å². The molecule has 0 unspecified atom stereocenters. The summed E-state index contributed by atoms with van der Waals surface area (Å²) in [5, 5.41) is 10.9. The van der Waals surface area contributed by atoms with E-state index in [0.29, 0.717) is 11.3 Å². The van der Waals surface area contributed by atoms with Crippen LogP contribution in [0, 0.1) is 10.1 Å². The first kappa shape index (κ1) is 13.8. The zero-order valence-electron chi connectivity index (χ0n) is 9.68. The quantitative estimate of drug-likeness (QED) is 0.603. The van der Waals surface area contributed by atoms with Gasteiger partial charge in [0.05, 0.1) is 4.92 Å². The first-order valence-corrected chi connectivity index (χ1v) is 6.54. The molecule has 0 amide bonds. The molecule has 0 fully saturated rings. The monoisotopic (exact) mass is 341 g/mol. The predicted octanol–water partition coefficient (Wildman–Crippen LogP) is 4.59. The largest absolute Gasteiger partial charge is 0.489 e. The summed E-state index contributed by atoms with van der Waals surface area (Å²) in [5.74, 6) is 0.687. The minimum atomic E-state index is -0.509. The molecule has 19 heavy (non-hydrogen) atoms. The number of rotatable bonds is 4. The second-order valence-corrected chi connectivity index (χ2v) is 5.11. The molecule has 0 heterocycles. The van der Waals surface area contributed by atoms with E-state index in [9.17, 15) is 10.1 Å². The van der Waals surface area contributed by atoms with Gasteiger partial charge in [-0.25, -0.2) is 0 Å². The molecule has 4 nitrogen and oxygen atoms in total. The third-order valence-electron chi connectivity index (χ3n) is 2.41. The molecule has 0 spiro atoms. The Balaban J connectivity index is 2.12. The lowest BCUT2D eigenvalue weighted by Gasteiger charge is -2.07. The van der Waals surface area contributed by atoms with E-state index in [-0.39, 0.29) is 17.3 Å². The van der Waals surface area contributed by atoms with Crippen LogP contribution in [0.15, 0.2) is 46.9 Å². The Hall–Kier alpha value is -1.59. The molecule has 0 aliphatic rings. The maximum atomic E-state index is 10.8. The van der Waals surface area contributed by atoms with Crippen LogP contribution in [0.4, 0.5) is 5.69 Å². The average Bonchev–Trinajstić information content (AvgIpc) is 2.37. The number of benzene rings is 2. The second kappa shape index (κ2) is 6.04. The highest BCUT2D eigenvalue weighted by molar-refractivity contribution is 9.10. The van der Waals surface area contributed by atoms with Crippen molar-refractivity contribution in [3.8, 4) is 5.75 Å². The fourth-order valence-electron chi connectivity index (χ4n) is 1.51. The number of nitrogens with zero attached hydrogens (tertiary/aromatic N) is 1. The molecule has 0 saturated heterocycles. The lowest BCUT2D eigenvalue weighted by atomic mass is 10.2. The van der Waals surface area contributed by atoms with E-state index in [1.165, 1.54) is 12.1 Å². The van der Waals surface area contributed by atoms with E-state index in [0.717, 1.165) is 4.47 Å². The van der Waals surface area contributed by atoms with Crippen LogP contribution < -0.4 is 4.74 Å². The molecule has 0 bridgehead atoms. The van der Waals surface area contributed by atoms with Crippen molar-refractivity contribution < 1.29 is 9.66 Å². The summed E-state index contributed by atoms with van der Waals surface area (Å²) in [6, 6.07) is 12.0. The van der Waals surface area contributed by atoms with E-state index in [4.69, 9.17) is 16.3 Å². The molecule has 0 aliphatic heterocycles. The van der Waals surface area contributed by atoms with E-state index >= 15 is 0 Å². The molecular formula is C13H9BrClNO3. The maximum absolute atomic E-state index is 10.8. The summed E-state index contributed by atoms with van der Waals surface area (Å²) < 4.78 is 6.46. The molecule has 2 aromatic carbocycles. The Bertz CT molecular complexity index is 619. The van der Waals surface area contributed by atoms with E-state index in [2.05, 4.69) is 15.9 Å². The Morgan fingerprint density at radius 1 is 1.26 bits per heavy atom. The van der Waals surface area contributed by atoms with Crippen LogP contribution >= 0.6 is 27.5 Å². The minimum Gasteiger partial charge on any atom is -0.489 e. The smallest absolute Gasteiger partial charge is 0.288 e. The first-order valence-electron chi connectivity index (χ1n) is 5.37. The SMILES string of the molecule is O=[N+]([O-])c1cc(COc2cccc(Br)c2)ccc1Cl. The Morgan fingerprint density at radius 3 is 2.74 bits per heavy atom. The topological polar surface area (TPSA) is 52.4 Å². The summed E-state index contributed by atoms with van der Waals surface area (Å²) in [7, 11) is 0. The second-order valence-electron chi connectivity index (χ2n) is 3.79. The standard InChI is InChI=1S/C13H9BrClNO3/c14-10-2-1-3-11(7-10)19-8-9-4-5-12(15)13(6-9)16(17)18/h1-7H,8H2. The summed E-state index contributed by atoms with van der Waals surface area (Å²) in [6.07, 6.45) is 0. The van der Waals surface area contributed by atoms with Gasteiger partial charge in [-0.15, -0.1) is 0 Å². The third-order valence-corrected chi connectivity index (χ3v) is 3.22. The lowest BCUT2D eigenvalue weighted by Crippen LogP contribution is -1.97. The van der Waals surface area contributed by atoms with Crippen molar-refractivity contribution in [2.45, 2.75) is 6.61 Å². The van der Waals surface area contributed by atoms with Gasteiger partial charge in [0.1, 0.15) is 17.4 Å². The molecule has 6 heteroatoms. The van der Waals surface area contributed by atoms with Crippen molar-refractivity contribution in [2.75, 3.05) is 0 Å². The zero-order valence-corrected chi connectivity index (χ0v) is 12.0. The van der Waals surface area contributed by atoms with E-state index in [1.54, 1.807) is 6.07 Å². The summed E-state index contributed by atoms with van der Waals surface area (Å²) in [6.45, 7) is 0.245. The number of nitro benzene ring substituents is 1. The third kappa shape index (κ3) is 3.68. The summed E-state index contributed by atoms with van der Waals surface area (Å²) >= 11 is 9.08. The van der Waals surface area contributed by atoms with Gasteiger partial charge in [0.2, 0.25) is 0 Å². The van der Waals surface area contributed by atoms with Crippen LogP contribution in [0.1, 0.15) is 5.56 Å². The molecule has 0 N–H and O–H groups in total. The van der Waals surface area contributed by atoms with Gasteiger partial charge in [0.25, 0.3) is 5.69 Å². The molecular weight excluding hydrogens is 334 g/mol. The lowest BCUT2D eigenvalue weighted by molar-refractivity contribution is -0.384. The fourth-order valence-corrected chi connectivity index (χ4v) is 2.08. The van der Waals surface area contributed by atoms with Crippen molar-refractivity contribution in [2.24, 2.45) is 0 Å². The Morgan fingerprint density at radius 2 is 2.05 bits per heavy atom. The van der Waals surface area contributed by atoms with Gasteiger partial charge in [-0.2, -0.15) is 0 Å². The molecule has 0 aliphatic carbocycles. The normalized spacial score (nSPS) is 10.2. The van der Waals surface area contributed by atoms with Gasteiger partial charge in [0.15, 0.2) is 0 Å². The van der Waals surface area contributed by atoms with Crippen molar-refractivity contribution in [3.63, 3.8) is 0 Å². The molecule has 0 atom stereocenters. The highest BCUT2D eigenvalue weighted by Crippen LogP contribution is 2.26. The van der Waals surface area contributed by atoms with E-state index in [1.807, 2.05) is 24.3 Å². The zero-order chi connectivity index (χ0) is 13.8. The molecule has 98 valence electrons. The van der Waals surface area contributed by atoms with Crippen molar-refractivity contribution in [1.29, 1.82) is 0 Å². The van der Waals surface area contributed by atoms with Gasteiger partial charge in [-0.1, -0.05) is 39.7 Å². The van der Waals surface area contributed by atoms with Crippen molar-refractivity contribution in [3.05, 3.63) is 67.6 Å². The number of ether oxygens (including phenoxy) is 1. The Labute approximate surface area is 123 Å². The van der Waals surface area contributed by atoms with Crippen LogP contribution in [0.25, 0.3) is 0 Å². The van der Waals surface area contributed by atoms with Gasteiger partial charge in [0, 0.05) is 10.5 Å². The minimum absolute atomic E-state index is 0.114. The first-order chi connectivity index (χ1) is 9.06. The number of hydrogen-bond acceptors (Lipinski definition) is 3.